The SMILES string of the molecule is O=[N+]([O-])c1cc(Cl)ccc1Cn1cnc2ccccc21. The molecule has 5 nitrogen and oxygen atoms in total. The van der Waals surface area contributed by atoms with Gasteiger partial charge in [0.05, 0.1) is 28.8 Å². The van der Waals surface area contributed by atoms with Crippen molar-refractivity contribution in [1.82, 2.24) is 9.55 Å². The Bertz CT molecular complexity index is 798. The van der Waals surface area contributed by atoms with Crippen molar-refractivity contribution in [1.29, 1.82) is 0 Å². The smallest absolute Gasteiger partial charge is 0.275 e. The number of nitro benzene ring substituents is 1. The van der Waals surface area contributed by atoms with Crippen LogP contribution < -0.4 is 0 Å². The summed E-state index contributed by atoms with van der Waals surface area (Å²) in [4.78, 5) is 14.9. The maximum atomic E-state index is 11.1. The number of halogens is 1. The fraction of sp³-hybridized carbons (Fsp3) is 0.0714. The first kappa shape index (κ1) is 12.6. The minimum Gasteiger partial charge on any atom is -0.326 e. The second kappa shape index (κ2) is 4.94. The molecule has 0 bridgehead atoms. The zero-order valence-corrected chi connectivity index (χ0v) is 11.1. The largest absolute Gasteiger partial charge is 0.326 e. The number of hydrogen-bond donors (Lipinski definition) is 0. The Morgan fingerprint density at radius 1 is 1.25 bits per heavy atom. The van der Waals surface area contributed by atoms with Crippen LogP contribution in [0.15, 0.2) is 48.8 Å². The first-order valence-electron chi connectivity index (χ1n) is 5.98. The summed E-state index contributed by atoms with van der Waals surface area (Å²) in [5.74, 6) is 0. The van der Waals surface area contributed by atoms with Gasteiger partial charge in [0.1, 0.15) is 0 Å². The van der Waals surface area contributed by atoms with E-state index in [1.165, 1.54) is 6.07 Å². The third kappa shape index (κ3) is 2.23. The quantitative estimate of drug-likeness (QED) is 0.546. The first-order chi connectivity index (χ1) is 9.65. The summed E-state index contributed by atoms with van der Waals surface area (Å²) in [7, 11) is 0. The van der Waals surface area contributed by atoms with Crippen LogP contribution in [0.25, 0.3) is 11.0 Å². The van der Waals surface area contributed by atoms with Crippen LogP contribution >= 0.6 is 11.6 Å². The van der Waals surface area contributed by atoms with Gasteiger partial charge in [-0.05, 0) is 24.3 Å². The van der Waals surface area contributed by atoms with Gasteiger partial charge in [-0.1, -0.05) is 23.7 Å². The van der Waals surface area contributed by atoms with Crippen LogP contribution in [-0.2, 0) is 6.54 Å². The fourth-order valence-electron chi connectivity index (χ4n) is 2.16. The molecular weight excluding hydrogens is 278 g/mol. The molecule has 1 heterocycles. The zero-order chi connectivity index (χ0) is 14.1. The molecule has 100 valence electrons. The van der Waals surface area contributed by atoms with Crippen molar-refractivity contribution in [3.05, 3.63) is 69.5 Å². The first-order valence-corrected chi connectivity index (χ1v) is 6.35. The van der Waals surface area contributed by atoms with E-state index in [0.29, 0.717) is 17.1 Å². The van der Waals surface area contributed by atoms with E-state index in [1.54, 1.807) is 18.5 Å². The predicted molar refractivity (Wildman–Crippen MR) is 76.9 cm³/mol. The highest BCUT2D eigenvalue weighted by Gasteiger charge is 2.15. The summed E-state index contributed by atoms with van der Waals surface area (Å²) in [5.41, 5.74) is 2.43. The standard InChI is InChI=1S/C14H10ClN3O2/c15-11-6-5-10(14(7-11)18(19)20)8-17-9-16-12-3-1-2-4-13(12)17/h1-7,9H,8H2. The molecule has 0 spiro atoms. The van der Waals surface area contributed by atoms with Gasteiger partial charge in [0.2, 0.25) is 0 Å². The van der Waals surface area contributed by atoms with Crippen LogP contribution in [-0.4, -0.2) is 14.5 Å². The van der Waals surface area contributed by atoms with Gasteiger partial charge in [0.15, 0.2) is 0 Å². The minimum atomic E-state index is -0.416. The molecule has 0 atom stereocenters. The van der Waals surface area contributed by atoms with Crippen molar-refractivity contribution < 1.29 is 4.92 Å². The van der Waals surface area contributed by atoms with Crippen molar-refractivity contribution in [2.45, 2.75) is 6.54 Å². The Hall–Kier alpha value is -2.40. The summed E-state index contributed by atoms with van der Waals surface area (Å²) in [6, 6.07) is 12.4. The molecule has 0 aliphatic rings. The van der Waals surface area contributed by atoms with Gasteiger partial charge in [-0.2, -0.15) is 0 Å². The van der Waals surface area contributed by atoms with E-state index in [-0.39, 0.29) is 5.69 Å². The maximum absolute atomic E-state index is 11.1. The van der Waals surface area contributed by atoms with Crippen LogP contribution in [0.4, 0.5) is 5.69 Å². The average Bonchev–Trinajstić information content (AvgIpc) is 2.84. The van der Waals surface area contributed by atoms with Gasteiger partial charge in [0.25, 0.3) is 5.69 Å². The fourth-order valence-corrected chi connectivity index (χ4v) is 2.33. The Balaban J connectivity index is 2.05. The summed E-state index contributed by atoms with van der Waals surface area (Å²) in [6.45, 7) is 0.383. The lowest BCUT2D eigenvalue weighted by atomic mass is 10.1. The number of aromatic nitrogens is 2. The normalized spacial score (nSPS) is 10.8. The molecule has 0 aliphatic carbocycles. The number of fused-ring (bicyclic) bond motifs is 1. The molecule has 3 aromatic rings. The molecule has 20 heavy (non-hydrogen) atoms. The molecule has 0 unspecified atom stereocenters. The van der Waals surface area contributed by atoms with Crippen LogP contribution in [0.1, 0.15) is 5.56 Å². The number of imidazole rings is 1. The van der Waals surface area contributed by atoms with Crippen molar-refractivity contribution in [3.8, 4) is 0 Å². The molecule has 0 amide bonds. The number of para-hydroxylation sites is 2. The second-order valence-electron chi connectivity index (χ2n) is 4.39. The summed E-state index contributed by atoms with van der Waals surface area (Å²) < 4.78 is 1.88. The highest BCUT2D eigenvalue weighted by atomic mass is 35.5. The van der Waals surface area contributed by atoms with E-state index in [2.05, 4.69) is 4.98 Å². The summed E-state index contributed by atoms with van der Waals surface area (Å²) in [5, 5.41) is 11.4. The molecule has 0 radical (unpaired) electrons. The number of nitro groups is 1. The topological polar surface area (TPSA) is 61.0 Å². The Labute approximate surface area is 119 Å². The number of rotatable bonds is 3. The molecule has 2 aromatic carbocycles. The van der Waals surface area contributed by atoms with E-state index in [4.69, 9.17) is 11.6 Å². The molecule has 0 saturated carbocycles. The Kier molecular flexibility index (Phi) is 3.12. The second-order valence-corrected chi connectivity index (χ2v) is 4.83. The minimum absolute atomic E-state index is 0.0234. The molecule has 3 rings (SSSR count). The van der Waals surface area contributed by atoms with Crippen molar-refractivity contribution >= 4 is 28.3 Å². The lowest BCUT2D eigenvalue weighted by Gasteiger charge is -2.06. The van der Waals surface area contributed by atoms with Crippen molar-refractivity contribution in [2.75, 3.05) is 0 Å². The maximum Gasteiger partial charge on any atom is 0.275 e. The lowest BCUT2D eigenvalue weighted by molar-refractivity contribution is -0.385. The lowest BCUT2D eigenvalue weighted by Crippen LogP contribution is -2.02. The van der Waals surface area contributed by atoms with Gasteiger partial charge in [-0.3, -0.25) is 10.1 Å². The van der Waals surface area contributed by atoms with Gasteiger partial charge < -0.3 is 4.57 Å². The van der Waals surface area contributed by atoms with Gasteiger partial charge in [-0.25, -0.2) is 4.98 Å². The molecule has 6 heteroatoms. The van der Waals surface area contributed by atoms with Gasteiger partial charge in [0, 0.05) is 16.7 Å². The predicted octanol–water partition coefficient (Wildman–Crippen LogP) is 3.65. The monoisotopic (exact) mass is 287 g/mol. The van der Waals surface area contributed by atoms with Crippen molar-refractivity contribution in [2.24, 2.45) is 0 Å². The van der Waals surface area contributed by atoms with E-state index < -0.39 is 4.92 Å². The summed E-state index contributed by atoms with van der Waals surface area (Å²) in [6.07, 6.45) is 1.68. The zero-order valence-electron chi connectivity index (χ0n) is 10.4. The van der Waals surface area contributed by atoms with Crippen LogP contribution in [0.5, 0.6) is 0 Å². The average molecular weight is 288 g/mol. The van der Waals surface area contributed by atoms with Crippen LogP contribution in [0, 0.1) is 10.1 Å². The molecule has 1 aromatic heterocycles. The van der Waals surface area contributed by atoms with E-state index in [9.17, 15) is 10.1 Å². The third-order valence-corrected chi connectivity index (χ3v) is 3.35. The number of nitrogens with zero attached hydrogens (tertiary/aromatic N) is 3. The van der Waals surface area contributed by atoms with Gasteiger partial charge in [-0.15, -0.1) is 0 Å². The highest BCUT2D eigenvalue weighted by Crippen LogP contribution is 2.25. The van der Waals surface area contributed by atoms with Gasteiger partial charge >= 0.3 is 0 Å². The molecule has 0 aliphatic heterocycles. The number of hydrogen-bond acceptors (Lipinski definition) is 3. The van der Waals surface area contributed by atoms with Crippen LogP contribution in [0.2, 0.25) is 5.02 Å². The third-order valence-electron chi connectivity index (χ3n) is 3.11. The Morgan fingerprint density at radius 2 is 2.05 bits per heavy atom. The molecule has 0 N–H and O–H groups in total. The van der Waals surface area contributed by atoms with Crippen molar-refractivity contribution in [3.63, 3.8) is 0 Å². The highest BCUT2D eigenvalue weighted by molar-refractivity contribution is 6.30. The van der Waals surface area contributed by atoms with Crippen LogP contribution in [0.3, 0.4) is 0 Å². The number of benzene rings is 2. The van der Waals surface area contributed by atoms with E-state index >= 15 is 0 Å². The molecular formula is C14H10ClN3O2. The molecule has 0 fully saturated rings. The summed E-state index contributed by atoms with van der Waals surface area (Å²) >= 11 is 5.81. The van der Waals surface area contributed by atoms with E-state index in [1.807, 2.05) is 28.8 Å². The van der Waals surface area contributed by atoms with E-state index in [0.717, 1.165) is 11.0 Å². The molecule has 0 saturated heterocycles. The Morgan fingerprint density at radius 3 is 2.85 bits per heavy atom.